The number of likely N-dealkylation sites (N-methyl/N-ethyl adjacent to an activating group) is 1. The number of ether oxygens (including phenoxy) is 1. The van der Waals surface area contributed by atoms with Gasteiger partial charge < -0.3 is 20.3 Å². The molecule has 0 saturated heterocycles. The number of carbonyl (C=O) groups excluding carboxylic acids is 2. The van der Waals surface area contributed by atoms with Crippen LogP contribution >= 0.6 is 0 Å². The third kappa shape index (κ3) is 3.52. The van der Waals surface area contributed by atoms with Gasteiger partial charge in [-0.05, 0) is 49.9 Å². The summed E-state index contributed by atoms with van der Waals surface area (Å²) in [5, 5.41) is 6.35. The van der Waals surface area contributed by atoms with Crippen LogP contribution in [-0.2, 0) is 4.79 Å². The van der Waals surface area contributed by atoms with Crippen LogP contribution in [0.4, 0.5) is 0 Å². The number of hydrogen-bond acceptors (Lipinski definition) is 4. The van der Waals surface area contributed by atoms with Crippen LogP contribution in [0.2, 0.25) is 0 Å². The lowest BCUT2D eigenvalue weighted by Crippen LogP contribution is -2.69. The molecule has 0 unspecified atom stereocenters. The van der Waals surface area contributed by atoms with Gasteiger partial charge >= 0.3 is 0 Å². The average molecular weight is 400 g/mol. The molecular weight excluding hydrogens is 366 g/mol. The Morgan fingerprint density at radius 1 is 1.31 bits per heavy atom. The maximum Gasteiger partial charge on any atom is 0.258 e. The third-order valence-electron chi connectivity index (χ3n) is 7.44. The first-order valence-electron chi connectivity index (χ1n) is 11.0. The molecule has 2 bridgehead atoms. The number of nitrogens with zero attached hydrogens (tertiary/aromatic N) is 1. The van der Waals surface area contributed by atoms with Gasteiger partial charge in [0.25, 0.3) is 5.91 Å². The van der Waals surface area contributed by atoms with Crippen molar-refractivity contribution in [3.63, 3.8) is 0 Å². The number of fused-ring (bicyclic) bond motifs is 3. The van der Waals surface area contributed by atoms with Gasteiger partial charge in [0.1, 0.15) is 5.75 Å². The van der Waals surface area contributed by atoms with E-state index in [9.17, 15) is 9.59 Å². The van der Waals surface area contributed by atoms with Crippen LogP contribution in [-0.4, -0.2) is 48.6 Å². The van der Waals surface area contributed by atoms with Gasteiger partial charge in [-0.15, -0.1) is 0 Å². The molecule has 0 aromatic heterocycles. The summed E-state index contributed by atoms with van der Waals surface area (Å²) in [5.41, 5.74) is -0.264. The summed E-state index contributed by atoms with van der Waals surface area (Å²) >= 11 is 0. The largest absolute Gasteiger partial charge is 0.467 e. The molecule has 158 valence electrons. The Hall–Kier alpha value is -2.08. The number of benzene rings is 1. The van der Waals surface area contributed by atoms with Crippen LogP contribution < -0.4 is 15.4 Å². The summed E-state index contributed by atoms with van der Waals surface area (Å²) < 4.78 is 6.43. The van der Waals surface area contributed by atoms with E-state index in [0.717, 1.165) is 38.9 Å². The van der Waals surface area contributed by atoms with Crippen molar-refractivity contribution in [2.75, 3.05) is 26.2 Å². The SMILES string of the molecule is CCN(CC)CCNC(=O)[C@@H]1C[C@H]2CC[C@]1(C)C[C@@]21NC(=O)c2ccccc2O1. The van der Waals surface area contributed by atoms with E-state index in [1.54, 1.807) is 6.07 Å². The van der Waals surface area contributed by atoms with Gasteiger partial charge in [-0.3, -0.25) is 9.59 Å². The quantitative estimate of drug-likeness (QED) is 0.772. The molecule has 2 amide bonds. The molecule has 1 heterocycles. The number of rotatable bonds is 6. The second-order valence-corrected chi connectivity index (χ2v) is 9.11. The third-order valence-corrected chi connectivity index (χ3v) is 7.44. The van der Waals surface area contributed by atoms with Crippen molar-refractivity contribution < 1.29 is 14.3 Å². The summed E-state index contributed by atoms with van der Waals surface area (Å²) in [6, 6.07) is 7.43. The number of para-hydroxylation sites is 1. The fourth-order valence-electron chi connectivity index (χ4n) is 5.66. The van der Waals surface area contributed by atoms with Crippen molar-refractivity contribution in [2.24, 2.45) is 17.3 Å². The predicted octanol–water partition coefficient (Wildman–Crippen LogP) is 2.79. The second kappa shape index (κ2) is 7.63. The monoisotopic (exact) mass is 399 g/mol. The van der Waals surface area contributed by atoms with Crippen molar-refractivity contribution in [1.29, 1.82) is 0 Å². The van der Waals surface area contributed by atoms with Crippen molar-refractivity contribution in [3.8, 4) is 5.75 Å². The van der Waals surface area contributed by atoms with Gasteiger partial charge in [-0.1, -0.05) is 32.9 Å². The Morgan fingerprint density at radius 3 is 2.79 bits per heavy atom. The van der Waals surface area contributed by atoms with Crippen LogP contribution in [0.5, 0.6) is 5.75 Å². The van der Waals surface area contributed by atoms with Crippen molar-refractivity contribution in [3.05, 3.63) is 29.8 Å². The first-order valence-corrected chi connectivity index (χ1v) is 11.0. The topological polar surface area (TPSA) is 70.7 Å². The average Bonchev–Trinajstić information content (AvgIpc) is 2.70. The molecule has 1 aromatic rings. The Balaban J connectivity index is 1.47. The van der Waals surface area contributed by atoms with Crippen LogP contribution in [0, 0.1) is 17.3 Å². The zero-order valence-electron chi connectivity index (χ0n) is 17.8. The molecule has 1 aliphatic heterocycles. The van der Waals surface area contributed by atoms with E-state index in [1.165, 1.54) is 0 Å². The maximum atomic E-state index is 13.0. The van der Waals surface area contributed by atoms with Gasteiger partial charge in [0.2, 0.25) is 5.91 Å². The molecule has 4 atom stereocenters. The Morgan fingerprint density at radius 2 is 2.07 bits per heavy atom. The van der Waals surface area contributed by atoms with E-state index in [-0.39, 0.29) is 29.1 Å². The number of hydrogen-bond donors (Lipinski definition) is 2. The summed E-state index contributed by atoms with van der Waals surface area (Å²) in [7, 11) is 0. The predicted molar refractivity (Wildman–Crippen MR) is 112 cm³/mol. The normalized spacial score (nSPS) is 32.6. The van der Waals surface area contributed by atoms with E-state index >= 15 is 0 Å². The molecule has 5 rings (SSSR count). The molecule has 6 heteroatoms. The van der Waals surface area contributed by atoms with Crippen LogP contribution in [0.25, 0.3) is 0 Å². The van der Waals surface area contributed by atoms with E-state index in [1.807, 2.05) is 18.2 Å². The molecule has 3 fully saturated rings. The number of amides is 2. The molecule has 3 aliphatic carbocycles. The Labute approximate surface area is 173 Å². The lowest BCUT2D eigenvalue weighted by molar-refractivity contribution is -0.167. The summed E-state index contributed by atoms with van der Waals surface area (Å²) in [5.74, 6) is 0.874. The fraction of sp³-hybridized carbons (Fsp3) is 0.652. The number of nitrogens with one attached hydrogen (secondary N) is 2. The van der Waals surface area contributed by atoms with Gasteiger partial charge in [-0.2, -0.15) is 0 Å². The highest BCUT2D eigenvalue weighted by Crippen LogP contribution is 2.58. The molecule has 2 N–H and O–H groups in total. The van der Waals surface area contributed by atoms with Crippen molar-refractivity contribution in [1.82, 2.24) is 15.5 Å². The minimum absolute atomic E-state index is 0.0266. The van der Waals surface area contributed by atoms with Crippen LogP contribution in [0.1, 0.15) is 56.8 Å². The molecule has 3 saturated carbocycles. The van der Waals surface area contributed by atoms with Gasteiger partial charge in [-0.25, -0.2) is 0 Å². The summed E-state index contributed by atoms with van der Waals surface area (Å²) in [6.45, 7) is 10.0. The molecular formula is C23H33N3O3. The first-order chi connectivity index (χ1) is 13.9. The minimum Gasteiger partial charge on any atom is -0.467 e. The summed E-state index contributed by atoms with van der Waals surface area (Å²) in [4.78, 5) is 28.1. The molecule has 1 aromatic carbocycles. The van der Waals surface area contributed by atoms with Crippen molar-refractivity contribution in [2.45, 2.75) is 52.2 Å². The van der Waals surface area contributed by atoms with Gasteiger partial charge in [0.05, 0.1) is 5.56 Å². The van der Waals surface area contributed by atoms with Crippen LogP contribution in [0.3, 0.4) is 0 Å². The van der Waals surface area contributed by atoms with Gasteiger partial charge in [0, 0.05) is 31.3 Å². The molecule has 29 heavy (non-hydrogen) atoms. The summed E-state index contributed by atoms with van der Waals surface area (Å²) in [6.07, 6.45) is 3.41. The standard InChI is InChI=1S/C23H33N3O3/c1-4-26(5-2)13-12-24-21(28)18-14-16-10-11-22(18,3)15-23(16)25-20(27)17-8-6-7-9-19(17)29-23/h6-9,16,18H,4-5,10-15H2,1-3H3,(H,24,28)(H,25,27)/t16-,18+,22-,23+/m1/s1. The molecule has 4 aliphatic rings. The highest BCUT2D eigenvalue weighted by atomic mass is 16.5. The molecule has 6 nitrogen and oxygen atoms in total. The zero-order valence-corrected chi connectivity index (χ0v) is 17.8. The Bertz CT molecular complexity index is 793. The first kappa shape index (κ1) is 20.2. The van der Waals surface area contributed by atoms with E-state index < -0.39 is 5.72 Å². The van der Waals surface area contributed by atoms with E-state index in [0.29, 0.717) is 24.3 Å². The van der Waals surface area contributed by atoms with Gasteiger partial charge in [0.15, 0.2) is 5.72 Å². The number of carbonyl (C=O) groups is 2. The molecule has 1 spiro atoms. The lowest BCUT2D eigenvalue weighted by Gasteiger charge is -2.59. The smallest absolute Gasteiger partial charge is 0.258 e. The minimum atomic E-state index is -0.684. The van der Waals surface area contributed by atoms with Crippen LogP contribution in [0.15, 0.2) is 24.3 Å². The zero-order chi connectivity index (χ0) is 20.6. The second-order valence-electron chi connectivity index (χ2n) is 9.11. The van der Waals surface area contributed by atoms with E-state index in [2.05, 4.69) is 36.3 Å². The van der Waals surface area contributed by atoms with Crippen molar-refractivity contribution >= 4 is 11.8 Å². The van der Waals surface area contributed by atoms with E-state index in [4.69, 9.17) is 4.74 Å². The Kier molecular flexibility index (Phi) is 5.32. The highest BCUT2D eigenvalue weighted by Gasteiger charge is 2.61. The molecule has 0 radical (unpaired) electrons. The lowest BCUT2D eigenvalue weighted by atomic mass is 9.52. The maximum absolute atomic E-state index is 13.0. The highest BCUT2D eigenvalue weighted by molar-refractivity contribution is 5.98. The fourth-order valence-corrected chi connectivity index (χ4v) is 5.66.